The summed E-state index contributed by atoms with van der Waals surface area (Å²) in [5.74, 6) is -0.930. The zero-order valence-electron chi connectivity index (χ0n) is 13.0. The summed E-state index contributed by atoms with van der Waals surface area (Å²) in [6.07, 6.45) is 0. The van der Waals surface area contributed by atoms with Gasteiger partial charge >= 0.3 is 11.6 Å². The second-order valence-electron chi connectivity index (χ2n) is 5.54. The number of esters is 1. The molecular weight excluding hydrogens is 327 g/mol. The van der Waals surface area contributed by atoms with Crippen molar-refractivity contribution in [2.24, 2.45) is 0 Å². The van der Waals surface area contributed by atoms with Crippen molar-refractivity contribution < 1.29 is 22.8 Å². The summed E-state index contributed by atoms with van der Waals surface area (Å²) >= 11 is 0. The molecule has 0 saturated carbocycles. The summed E-state index contributed by atoms with van der Waals surface area (Å²) < 4.78 is 29.2. The van der Waals surface area contributed by atoms with Crippen LogP contribution in [0, 0.1) is 12.7 Å². The maximum Gasteiger partial charge on any atom is 0.379 e. The Balaban J connectivity index is 1.70. The number of carbonyl (C=O) groups excluding carboxylic acids is 1. The number of furan rings is 1. The van der Waals surface area contributed by atoms with Crippen LogP contribution in [0.15, 0.2) is 62.2 Å². The molecule has 124 valence electrons. The molecule has 0 fully saturated rings. The summed E-state index contributed by atoms with van der Waals surface area (Å²) in [7, 11) is 0. The van der Waals surface area contributed by atoms with Gasteiger partial charge in [0.05, 0.1) is 0 Å². The van der Waals surface area contributed by atoms with Gasteiger partial charge in [0.1, 0.15) is 22.7 Å². The number of carbonyl (C=O) groups is 1. The molecule has 0 N–H and O–H groups in total. The van der Waals surface area contributed by atoms with Gasteiger partial charge < -0.3 is 13.6 Å². The minimum absolute atomic E-state index is 0.00443. The Labute approximate surface area is 140 Å². The van der Waals surface area contributed by atoms with Gasteiger partial charge in [-0.2, -0.15) is 0 Å². The van der Waals surface area contributed by atoms with E-state index in [-0.39, 0.29) is 11.5 Å². The molecule has 0 atom stereocenters. The zero-order chi connectivity index (χ0) is 17.6. The van der Waals surface area contributed by atoms with Crippen molar-refractivity contribution >= 4 is 27.9 Å². The number of ether oxygens (including phenoxy) is 1. The Kier molecular flexibility index (Phi) is 3.39. The van der Waals surface area contributed by atoms with Crippen molar-refractivity contribution in [2.45, 2.75) is 6.92 Å². The molecule has 2 aromatic heterocycles. The van der Waals surface area contributed by atoms with Crippen LogP contribution >= 0.6 is 0 Å². The zero-order valence-corrected chi connectivity index (χ0v) is 13.0. The maximum absolute atomic E-state index is 13.4. The van der Waals surface area contributed by atoms with Crippen LogP contribution in [0.5, 0.6) is 5.75 Å². The molecule has 0 amide bonds. The predicted molar refractivity (Wildman–Crippen MR) is 88.4 cm³/mol. The molecule has 4 aromatic rings. The lowest BCUT2D eigenvalue weighted by Gasteiger charge is -2.04. The first kappa shape index (κ1) is 15.1. The fraction of sp³-hybridized carbons (Fsp3) is 0.0526. The quantitative estimate of drug-likeness (QED) is 0.311. The first-order valence-electron chi connectivity index (χ1n) is 7.46. The summed E-state index contributed by atoms with van der Waals surface area (Å²) in [5, 5.41) is 1.21. The Hall–Kier alpha value is -3.41. The van der Waals surface area contributed by atoms with Crippen molar-refractivity contribution in [1.82, 2.24) is 0 Å². The minimum atomic E-state index is -0.716. The van der Waals surface area contributed by atoms with Crippen LogP contribution in [-0.4, -0.2) is 5.97 Å². The highest BCUT2D eigenvalue weighted by molar-refractivity contribution is 5.97. The highest BCUT2D eigenvalue weighted by Gasteiger charge is 2.20. The fourth-order valence-corrected chi connectivity index (χ4v) is 2.65. The average molecular weight is 338 g/mol. The second kappa shape index (κ2) is 5.59. The van der Waals surface area contributed by atoms with Gasteiger partial charge in [0.2, 0.25) is 5.76 Å². The van der Waals surface area contributed by atoms with Gasteiger partial charge in [-0.05, 0) is 43.3 Å². The van der Waals surface area contributed by atoms with Gasteiger partial charge in [0.15, 0.2) is 0 Å². The normalized spacial score (nSPS) is 11.1. The van der Waals surface area contributed by atoms with Gasteiger partial charge in [-0.3, -0.25) is 0 Å². The van der Waals surface area contributed by atoms with E-state index in [9.17, 15) is 14.0 Å². The molecule has 5 nitrogen and oxygen atoms in total. The molecular formula is C19H11FO5. The van der Waals surface area contributed by atoms with Crippen LogP contribution in [0.4, 0.5) is 4.39 Å². The molecule has 2 aromatic carbocycles. The first-order valence-corrected chi connectivity index (χ1v) is 7.46. The van der Waals surface area contributed by atoms with Gasteiger partial charge in [-0.15, -0.1) is 0 Å². The predicted octanol–water partition coefficient (Wildman–Crippen LogP) is 4.21. The van der Waals surface area contributed by atoms with E-state index < -0.39 is 17.4 Å². The van der Waals surface area contributed by atoms with Gasteiger partial charge in [0, 0.05) is 28.5 Å². The van der Waals surface area contributed by atoms with E-state index in [1.54, 1.807) is 25.1 Å². The lowest BCUT2D eigenvalue weighted by molar-refractivity contribution is 0.0703. The van der Waals surface area contributed by atoms with Crippen LogP contribution in [0.1, 0.15) is 16.1 Å². The van der Waals surface area contributed by atoms with E-state index in [4.69, 9.17) is 13.6 Å². The molecule has 0 unspecified atom stereocenters. The molecule has 0 bridgehead atoms. The minimum Gasteiger partial charge on any atom is -0.449 e. The van der Waals surface area contributed by atoms with E-state index in [1.807, 2.05) is 0 Å². The topological polar surface area (TPSA) is 69.7 Å². The van der Waals surface area contributed by atoms with Crippen molar-refractivity contribution in [2.75, 3.05) is 0 Å². The number of hydrogen-bond donors (Lipinski definition) is 0. The van der Waals surface area contributed by atoms with E-state index in [0.29, 0.717) is 27.5 Å². The second-order valence-corrected chi connectivity index (χ2v) is 5.54. The summed E-state index contributed by atoms with van der Waals surface area (Å²) in [6, 6.07) is 11.6. The number of halogens is 1. The van der Waals surface area contributed by atoms with Crippen LogP contribution in [0.2, 0.25) is 0 Å². The Bertz CT molecular complexity index is 1190. The maximum atomic E-state index is 13.4. The number of aryl methyl sites for hydroxylation is 1. The smallest absolute Gasteiger partial charge is 0.379 e. The Morgan fingerprint density at radius 3 is 2.64 bits per heavy atom. The van der Waals surface area contributed by atoms with E-state index in [0.717, 1.165) is 0 Å². The molecule has 0 radical (unpaired) electrons. The van der Waals surface area contributed by atoms with Crippen molar-refractivity contribution in [3.05, 3.63) is 76.1 Å². The highest BCUT2D eigenvalue weighted by Crippen LogP contribution is 2.27. The van der Waals surface area contributed by atoms with Crippen molar-refractivity contribution in [3.8, 4) is 5.75 Å². The molecule has 4 rings (SSSR count). The van der Waals surface area contributed by atoms with Crippen LogP contribution in [-0.2, 0) is 0 Å². The van der Waals surface area contributed by atoms with Crippen molar-refractivity contribution in [1.29, 1.82) is 0 Å². The van der Waals surface area contributed by atoms with Gasteiger partial charge in [-0.25, -0.2) is 14.0 Å². The molecule has 0 aliphatic heterocycles. The average Bonchev–Trinajstić information content (AvgIpc) is 2.91. The van der Waals surface area contributed by atoms with Crippen LogP contribution in [0.3, 0.4) is 0 Å². The van der Waals surface area contributed by atoms with Gasteiger partial charge in [0.25, 0.3) is 0 Å². The first-order chi connectivity index (χ1) is 12.0. The SMILES string of the molecule is Cc1c(C(=O)Oc2ccc3ccc(=O)oc3c2)oc2ccc(F)cc12. The molecule has 0 aliphatic rings. The third kappa shape index (κ3) is 2.67. The molecule has 25 heavy (non-hydrogen) atoms. The summed E-state index contributed by atoms with van der Waals surface area (Å²) in [4.78, 5) is 23.7. The highest BCUT2D eigenvalue weighted by atomic mass is 19.1. The largest absolute Gasteiger partial charge is 0.449 e. The fourth-order valence-electron chi connectivity index (χ4n) is 2.65. The Morgan fingerprint density at radius 2 is 1.80 bits per heavy atom. The number of hydrogen-bond acceptors (Lipinski definition) is 5. The third-order valence-corrected chi connectivity index (χ3v) is 3.89. The number of rotatable bonds is 2. The number of fused-ring (bicyclic) bond motifs is 2. The van der Waals surface area contributed by atoms with Crippen molar-refractivity contribution in [3.63, 3.8) is 0 Å². The molecule has 2 heterocycles. The van der Waals surface area contributed by atoms with Crippen LogP contribution < -0.4 is 10.4 Å². The van der Waals surface area contributed by atoms with E-state index in [2.05, 4.69) is 0 Å². The van der Waals surface area contributed by atoms with E-state index in [1.165, 1.54) is 30.3 Å². The summed E-state index contributed by atoms with van der Waals surface area (Å²) in [6.45, 7) is 1.65. The molecule has 0 spiro atoms. The van der Waals surface area contributed by atoms with Crippen LogP contribution in [0.25, 0.3) is 21.9 Å². The third-order valence-electron chi connectivity index (χ3n) is 3.89. The monoisotopic (exact) mass is 338 g/mol. The van der Waals surface area contributed by atoms with Gasteiger partial charge in [-0.1, -0.05) is 0 Å². The lowest BCUT2D eigenvalue weighted by atomic mass is 10.1. The summed E-state index contributed by atoms with van der Waals surface area (Å²) in [5.41, 5.74) is 0.703. The van der Waals surface area contributed by atoms with E-state index >= 15 is 0 Å². The molecule has 6 heteroatoms. The Morgan fingerprint density at radius 1 is 1.00 bits per heavy atom. The lowest BCUT2D eigenvalue weighted by Crippen LogP contribution is -2.08. The molecule has 0 aliphatic carbocycles. The number of benzene rings is 2. The standard InChI is InChI=1S/C19H11FO5/c1-10-14-8-12(20)4-6-15(14)25-18(10)19(22)23-13-5-2-11-3-7-17(21)24-16(11)9-13/h2-9H,1H3. The molecule has 0 saturated heterocycles.